The molecule has 100 valence electrons. The molecule has 19 heavy (non-hydrogen) atoms. The molecule has 0 bridgehead atoms. The first-order chi connectivity index (χ1) is 9.19. The average molecular weight is 259 g/mol. The largest absolute Gasteiger partial charge is 0.384 e. The Balaban J connectivity index is 2.07. The third kappa shape index (κ3) is 3.76. The molecule has 1 unspecified atom stereocenters. The van der Waals surface area contributed by atoms with Crippen LogP contribution in [-0.2, 0) is 12.8 Å². The summed E-state index contributed by atoms with van der Waals surface area (Å²) in [6.07, 6.45) is 3.13. The number of halogens is 1. The average Bonchev–Trinajstić information content (AvgIpc) is 2.40. The van der Waals surface area contributed by atoms with Crippen LogP contribution >= 0.6 is 0 Å². The standard InChI is InChI=1S/C15H18FN3/c1-18-13(8-11-6-7-19-15(17)9-11)10-12-4-2-3-5-14(12)16/h2-7,9,13,18H,8,10H2,1H3,(H2,17,19). The fourth-order valence-corrected chi connectivity index (χ4v) is 2.11. The predicted octanol–water partition coefficient (Wildman–Crippen LogP) is 2.18. The lowest BCUT2D eigenvalue weighted by molar-refractivity contribution is 0.532. The van der Waals surface area contributed by atoms with E-state index in [1.165, 1.54) is 6.07 Å². The van der Waals surface area contributed by atoms with Crippen LogP contribution in [-0.4, -0.2) is 18.1 Å². The highest BCUT2D eigenvalue weighted by Gasteiger charge is 2.11. The zero-order valence-corrected chi connectivity index (χ0v) is 10.9. The van der Waals surface area contributed by atoms with Crippen molar-refractivity contribution in [1.82, 2.24) is 10.3 Å². The summed E-state index contributed by atoms with van der Waals surface area (Å²) in [6, 6.07) is 10.8. The summed E-state index contributed by atoms with van der Waals surface area (Å²) in [5, 5.41) is 3.22. The number of aromatic nitrogens is 1. The number of benzene rings is 1. The van der Waals surface area contributed by atoms with Crippen molar-refractivity contribution in [2.24, 2.45) is 0 Å². The minimum absolute atomic E-state index is 0.156. The molecule has 0 radical (unpaired) electrons. The number of hydrogen-bond acceptors (Lipinski definition) is 3. The summed E-state index contributed by atoms with van der Waals surface area (Å²) in [4.78, 5) is 3.97. The third-order valence-corrected chi connectivity index (χ3v) is 3.16. The molecule has 4 heteroatoms. The van der Waals surface area contributed by atoms with Crippen LogP contribution in [0.5, 0.6) is 0 Å². The molecule has 0 aliphatic rings. The van der Waals surface area contributed by atoms with Gasteiger partial charge in [-0.25, -0.2) is 9.37 Å². The molecule has 3 nitrogen and oxygen atoms in total. The van der Waals surface area contributed by atoms with E-state index < -0.39 is 0 Å². The summed E-state index contributed by atoms with van der Waals surface area (Å²) < 4.78 is 13.6. The van der Waals surface area contributed by atoms with E-state index in [0.29, 0.717) is 12.2 Å². The SMILES string of the molecule is CNC(Cc1ccnc(N)c1)Cc1ccccc1F. The molecule has 2 aromatic rings. The van der Waals surface area contributed by atoms with Crippen LogP contribution in [0.25, 0.3) is 0 Å². The van der Waals surface area contributed by atoms with E-state index in [1.54, 1.807) is 12.3 Å². The van der Waals surface area contributed by atoms with Crippen molar-refractivity contribution in [3.8, 4) is 0 Å². The van der Waals surface area contributed by atoms with E-state index in [4.69, 9.17) is 5.73 Å². The maximum absolute atomic E-state index is 13.6. The molecule has 1 atom stereocenters. The Kier molecular flexibility index (Phi) is 4.47. The molecule has 0 saturated heterocycles. The fraction of sp³-hybridized carbons (Fsp3) is 0.267. The summed E-state index contributed by atoms with van der Waals surface area (Å²) in [6.45, 7) is 0. The molecule has 3 N–H and O–H groups in total. The molecule has 0 saturated carbocycles. The van der Waals surface area contributed by atoms with E-state index >= 15 is 0 Å². The Hall–Kier alpha value is -1.94. The van der Waals surface area contributed by atoms with Crippen molar-refractivity contribution >= 4 is 5.82 Å². The van der Waals surface area contributed by atoms with Crippen LogP contribution in [0.4, 0.5) is 10.2 Å². The minimum atomic E-state index is -0.156. The van der Waals surface area contributed by atoms with Gasteiger partial charge in [0.25, 0.3) is 0 Å². The van der Waals surface area contributed by atoms with Crippen molar-refractivity contribution in [3.63, 3.8) is 0 Å². The molecule has 1 heterocycles. The maximum Gasteiger partial charge on any atom is 0.126 e. The first-order valence-electron chi connectivity index (χ1n) is 6.30. The van der Waals surface area contributed by atoms with Crippen LogP contribution in [0.15, 0.2) is 42.6 Å². The Morgan fingerprint density at radius 3 is 2.74 bits per heavy atom. The van der Waals surface area contributed by atoms with Gasteiger partial charge in [0.1, 0.15) is 11.6 Å². The van der Waals surface area contributed by atoms with Crippen LogP contribution in [0.3, 0.4) is 0 Å². The minimum Gasteiger partial charge on any atom is -0.384 e. The Morgan fingerprint density at radius 1 is 1.26 bits per heavy atom. The first-order valence-corrected chi connectivity index (χ1v) is 6.30. The van der Waals surface area contributed by atoms with Crippen molar-refractivity contribution in [3.05, 3.63) is 59.5 Å². The summed E-state index contributed by atoms with van der Waals surface area (Å²) in [5.41, 5.74) is 7.49. The van der Waals surface area contributed by atoms with Crippen molar-refractivity contribution in [2.75, 3.05) is 12.8 Å². The lowest BCUT2D eigenvalue weighted by Crippen LogP contribution is -2.30. The van der Waals surface area contributed by atoms with Gasteiger partial charge in [0.05, 0.1) is 0 Å². The van der Waals surface area contributed by atoms with Gasteiger partial charge in [-0.3, -0.25) is 0 Å². The Bertz CT molecular complexity index is 542. The molecule has 1 aromatic carbocycles. The maximum atomic E-state index is 13.6. The quantitative estimate of drug-likeness (QED) is 0.865. The summed E-state index contributed by atoms with van der Waals surface area (Å²) in [5.74, 6) is 0.357. The highest BCUT2D eigenvalue weighted by atomic mass is 19.1. The molecule has 0 spiro atoms. The van der Waals surface area contributed by atoms with Gasteiger partial charge in [0.2, 0.25) is 0 Å². The number of nitrogen functional groups attached to an aromatic ring is 1. The van der Waals surface area contributed by atoms with Gasteiger partial charge in [0, 0.05) is 12.2 Å². The summed E-state index contributed by atoms with van der Waals surface area (Å²) in [7, 11) is 1.88. The molecular weight excluding hydrogens is 241 g/mol. The zero-order chi connectivity index (χ0) is 13.7. The second-order valence-electron chi connectivity index (χ2n) is 4.57. The zero-order valence-electron chi connectivity index (χ0n) is 10.9. The van der Waals surface area contributed by atoms with Gasteiger partial charge >= 0.3 is 0 Å². The van der Waals surface area contributed by atoms with Crippen LogP contribution in [0.2, 0.25) is 0 Å². The smallest absolute Gasteiger partial charge is 0.126 e. The molecule has 0 fully saturated rings. The molecule has 0 amide bonds. The Labute approximate surface area is 112 Å². The highest BCUT2D eigenvalue weighted by Crippen LogP contribution is 2.13. The molecule has 1 aromatic heterocycles. The van der Waals surface area contributed by atoms with Crippen LogP contribution in [0, 0.1) is 5.82 Å². The molecule has 0 aliphatic carbocycles. The van der Waals surface area contributed by atoms with Gasteiger partial charge in [-0.1, -0.05) is 18.2 Å². The number of nitrogens with two attached hydrogens (primary N) is 1. The monoisotopic (exact) mass is 259 g/mol. The Morgan fingerprint density at radius 2 is 2.05 bits per heavy atom. The lowest BCUT2D eigenvalue weighted by Gasteiger charge is -2.17. The topological polar surface area (TPSA) is 50.9 Å². The van der Waals surface area contributed by atoms with Gasteiger partial charge in [0.15, 0.2) is 0 Å². The van der Waals surface area contributed by atoms with Gasteiger partial charge in [-0.05, 0) is 49.2 Å². The van der Waals surface area contributed by atoms with E-state index in [1.807, 2.05) is 31.3 Å². The number of rotatable bonds is 5. The number of anilines is 1. The number of nitrogens with one attached hydrogen (secondary N) is 1. The lowest BCUT2D eigenvalue weighted by atomic mass is 9.99. The van der Waals surface area contributed by atoms with E-state index in [-0.39, 0.29) is 11.9 Å². The van der Waals surface area contributed by atoms with Crippen LogP contribution in [0.1, 0.15) is 11.1 Å². The van der Waals surface area contributed by atoms with Gasteiger partial charge < -0.3 is 11.1 Å². The van der Waals surface area contributed by atoms with Crippen molar-refractivity contribution in [2.45, 2.75) is 18.9 Å². The van der Waals surface area contributed by atoms with E-state index in [0.717, 1.165) is 17.5 Å². The second kappa shape index (κ2) is 6.29. The fourth-order valence-electron chi connectivity index (χ4n) is 2.11. The van der Waals surface area contributed by atoms with Crippen molar-refractivity contribution in [1.29, 1.82) is 0 Å². The van der Waals surface area contributed by atoms with E-state index in [9.17, 15) is 4.39 Å². The molecule has 0 aliphatic heterocycles. The number of hydrogen-bond donors (Lipinski definition) is 2. The van der Waals surface area contributed by atoms with Crippen LogP contribution < -0.4 is 11.1 Å². The van der Waals surface area contributed by atoms with Gasteiger partial charge in [-0.2, -0.15) is 0 Å². The predicted molar refractivity (Wildman–Crippen MR) is 75.3 cm³/mol. The van der Waals surface area contributed by atoms with E-state index in [2.05, 4.69) is 10.3 Å². The third-order valence-electron chi connectivity index (χ3n) is 3.16. The van der Waals surface area contributed by atoms with Gasteiger partial charge in [-0.15, -0.1) is 0 Å². The number of nitrogens with zero attached hydrogens (tertiary/aromatic N) is 1. The number of likely N-dealkylation sites (N-methyl/N-ethyl adjacent to an activating group) is 1. The van der Waals surface area contributed by atoms with Crippen molar-refractivity contribution < 1.29 is 4.39 Å². The summed E-state index contributed by atoms with van der Waals surface area (Å²) >= 11 is 0. The number of pyridine rings is 1. The normalized spacial score (nSPS) is 12.3. The first kappa shape index (κ1) is 13.5. The molecular formula is C15H18FN3. The molecule has 2 rings (SSSR count). The highest BCUT2D eigenvalue weighted by molar-refractivity contribution is 5.32. The second-order valence-corrected chi connectivity index (χ2v) is 4.57.